The monoisotopic (exact) mass is 985 g/mol. The minimum absolute atomic E-state index is 0.00387. The van der Waals surface area contributed by atoms with Crippen LogP contribution in [0.1, 0.15) is 140 Å². The Morgan fingerprint density at radius 3 is 1.51 bits per heavy atom. The summed E-state index contributed by atoms with van der Waals surface area (Å²) in [5, 5.41) is 23.8. The number of hydrogen-bond donors (Lipinski definition) is 8. The molecule has 0 saturated carbocycles. The first kappa shape index (κ1) is 56.0. The number of benzene rings is 2. The molecule has 0 aromatic heterocycles. The van der Waals surface area contributed by atoms with E-state index in [1.165, 1.54) is 15.9 Å². The summed E-state index contributed by atoms with van der Waals surface area (Å²) in [5.41, 5.74) is 1.04. The van der Waals surface area contributed by atoms with Crippen LogP contribution >= 0.6 is 0 Å². The van der Waals surface area contributed by atoms with Gasteiger partial charge in [-0.2, -0.15) is 0 Å². The standard InChI is InChI=1S/C53H80N10O8/c1-29(2)30(3)56-48(68)40-25-36(27-62(40)50(70)42(52(6,7)8)60-44(64)31(4)54-12)57-46(66)34-20-16-21-35(24-34)47(67)58-37-26-41(49(69)59-39-23-17-19-33-18-14-15-22-38(33)39)63(28-37)51(71)43(53(9,10)11)61-45(65)32(5)55-13/h14-16,18,20-22,24,29-32,36-37,39-43,54-55H,17,19,23,25-28H2,1-13H3,(H,56,68)(H,57,66)(H,58,67)(H,59,69)(H,60,64)(H,61,65)/t30-,31+,32+,36+,37+,39-,40+,41+,42-,43-/m1/s1. The molecular formula is C53H80N10O8. The van der Waals surface area contributed by atoms with E-state index in [2.05, 4.69) is 48.6 Å². The zero-order chi connectivity index (χ0) is 52.7. The van der Waals surface area contributed by atoms with Gasteiger partial charge in [-0.3, -0.25) is 38.4 Å². The molecule has 18 heteroatoms. The molecule has 0 unspecified atom stereocenters. The van der Waals surface area contributed by atoms with Gasteiger partial charge in [0.1, 0.15) is 24.2 Å². The summed E-state index contributed by atoms with van der Waals surface area (Å²) >= 11 is 0. The summed E-state index contributed by atoms with van der Waals surface area (Å²) in [6, 6.07) is 7.30. The van der Waals surface area contributed by atoms with E-state index >= 15 is 0 Å². The lowest BCUT2D eigenvalue weighted by atomic mass is 9.85. The second-order valence-corrected chi connectivity index (χ2v) is 22.2. The number of nitrogens with one attached hydrogen (secondary N) is 8. The first-order valence-corrected chi connectivity index (χ1v) is 25.2. The van der Waals surface area contributed by atoms with E-state index in [0.29, 0.717) is 0 Å². The zero-order valence-electron chi connectivity index (χ0n) is 44.1. The molecule has 2 heterocycles. The number of likely N-dealkylation sites (N-methyl/N-ethyl adjacent to an activating group) is 2. The van der Waals surface area contributed by atoms with Crippen molar-refractivity contribution >= 4 is 47.3 Å². The van der Waals surface area contributed by atoms with Crippen molar-refractivity contribution in [1.29, 1.82) is 0 Å². The molecule has 8 N–H and O–H groups in total. The Labute approximate surface area is 420 Å². The highest BCUT2D eigenvalue weighted by Crippen LogP contribution is 2.32. The Kier molecular flexibility index (Phi) is 18.6. The highest BCUT2D eigenvalue weighted by molar-refractivity contribution is 6.01. The minimum atomic E-state index is -0.993. The van der Waals surface area contributed by atoms with E-state index in [9.17, 15) is 38.4 Å². The molecule has 10 atom stereocenters. The molecule has 8 amide bonds. The summed E-state index contributed by atoms with van der Waals surface area (Å²) in [6.07, 6.45) is 2.73. The number of aryl methyl sites for hydroxylation is 1. The van der Waals surface area contributed by atoms with Crippen molar-refractivity contribution in [2.75, 3.05) is 27.2 Å². The highest BCUT2D eigenvalue weighted by atomic mass is 16.2. The number of likely N-dealkylation sites (tertiary alicyclic amines) is 2. The van der Waals surface area contributed by atoms with E-state index in [1.54, 1.807) is 46.1 Å². The fraction of sp³-hybridized carbons (Fsp3) is 0.623. The van der Waals surface area contributed by atoms with Gasteiger partial charge in [-0.15, -0.1) is 0 Å². The lowest BCUT2D eigenvalue weighted by Gasteiger charge is -2.36. The lowest BCUT2D eigenvalue weighted by Crippen LogP contribution is -2.60. The van der Waals surface area contributed by atoms with Gasteiger partial charge in [-0.05, 0) is 113 Å². The molecular weight excluding hydrogens is 905 g/mol. The van der Waals surface area contributed by atoms with Gasteiger partial charge in [-0.25, -0.2) is 0 Å². The summed E-state index contributed by atoms with van der Waals surface area (Å²) in [7, 11) is 3.30. The van der Waals surface area contributed by atoms with Crippen molar-refractivity contribution in [3.63, 3.8) is 0 Å². The van der Waals surface area contributed by atoms with E-state index in [-0.39, 0.29) is 78.7 Å². The van der Waals surface area contributed by atoms with Crippen molar-refractivity contribution < 1.29 is 38.4 Å². The normalized spacial score (nSPS) is 22.3. The smallest absolute Gasteiger partial charge is 0.251 e. The van der Waals surface area contributed by atoms with Crippen molar-refractivity contribution in [2.24, 2.45) is 16.7 Å². The number of carbonyl (C=O) groups is 8. The van der Waals surface area contributed by atoms with Gasteiger partial charge < -0.3 is 52.3 Å². The predicted molar refractivity (Wildman–Crippen MR) is 272 cm³/mol. The number of hydrogen-bond acceptors (Lipinski definition) is 10. The fourth-order valence-corrected chi connectivity index (χ4v) is 9.29. The molecule has 2 aliphatic heterocycles. The number of nitrogens with zero attached hydrogens (tertiary/aromatic N) is 2. The average molecular weight is 985 g/mol. The van der Waals surface area contributed by atoms with Crippen LogP contribution in [0.5, 0.6) is 0 Å². The molecule has 2 saturated heterocycles. The lowest BCUT2D eigenvalue weighted by molar-refractivity contribution is -0.144. The third kappa shape index (κ3) is 14.0. The maximum absolute atomic E-state index is 14.6. The Bertz CT molecular complexity index is 2290. The zero-order valence-corrected chi connectivity index (χ0v) is 44.1. The van der Waals surface area contributed by atoms with E-state index in [1.807, 2.05) is 80.5 Å². The van der Waals surface area contributed by atoms with Gasteiger partial charge in [0.05, 0.1) is 18.1 Å². The Hall–Kier alpha value is -5.88. The number of fused-ring (bicyclic) bond motifs is 1. The Morgan fingerprint density at radius 1 is 0.592 bits per heavy atom. The third-order valence-electron chi connectivity index (χ3n) is 14.3. The van der Waals surface area contributed by atoms with Gasteiger partial charge in [-0.1, -0.05) is 85.7 Å². The third-order valence-corrected chi connectivity index (χ3v) is 14.3. The minimum Gasteiger partial charge on any atom is -0.352 e. The number of rotatable bonds is 17. The van der Waals surface area contributed by atoms with Crippen LogP contribution in [-0.4, -0.2) is 139 Å². The molecule has 3 aliphatic rings. The molecule has 71 heavy (non-hydrogen) atoms. The van der Waals surface area contributed by atoms with Gasteiger partial charge in [0.15, 0.2) is 0 Å². The van der Waals surface area contributed by atoms with E-state index < -0.39 is 82.8 Å². The van der Waals surface area contributed by atoms with E-state index in [0.717, 1.165) is 30.4 Å². The van der Waals surface area contributed by atoms with Crippen LogP contribution in [0.3, 0.4) is 0 Å². The number of amides is 8. The maximum Gasteiger partial charge on any atom is 0.251 e. The van der Waals surface area contributed by atoms with Crippen LogP contribution < -0.4 is 42.5 Å². The first-order chi connectivity index (χ1) is 33.2. The van der Waals surface area contributed by atoms with Gasteiger partial charge in [0.2, 0.25) is 35.4 Å². The molecule has 2 aromatic carbocycles. The quantitative estimate of drug-likeness (QED) is 0.115. The van der Waals surface area contributed by atoms with Crippen LogP contribution in [0.25, 0.3) is 0 Å². The van der Waals surface area contributed by atoms with Crippen LogP contribution in [0.4, 0.5) is 0 Å². The average Bonchev–Trinajstić information content (AvgIpc) is 3.95. The summed E-state index contributed by atoms with van der Waals surface area (Å²) in [6.45, 7) is 20.2. The van der Waals surface area contributed by atoms with Crippen LogP contribution in [0.2, 0.25) is 0 Å². The van der Waals surface area contributed by atoms with Crippen LogP contribution in [-0.2, 0) is 35.2 Å². The number of carbonyl (C=O) groups excluding carboxylic acids is 8. The molecule has 1 aliphatic carbocycles. The van der Waals surface area contributed by atoms with Crippen LogP contribution in [0.15, 0.2) is 48.5 Å². The van der Waals surface area contributed by atoms with Crippen molar-refractivity contribution in [2.45, 2.75) is 169 Å². The molecule has 2 aromatic rings. The van der Waals surface area contributed by atoms with Gasteiger partial charge >= 0.3 is 0 Å². The predicted octanol–water partition coefficient (Wildman–Crippen LogP) is 2.72. The Morgan fingerprint density at radius 2 is 1.06 bits per heavy atom. The van der Waals surface area contributed by atoms with Crippen molar-refractivity contribution in [3.8, 4) is 0 Å². The largest absolute Gasteiger partial charge is 0.352 e. The second-order valence-electron chi connectivity index (χ2n) is 22.2. The first-order valence-electron chi connectivity index (χ1n) is 25.2. The molecule has 0 radical (unpaired) electrons. The molecule has 0 bridgehead atoms. The van der Waals surface area contributed by atoms with E-state index in [4.69, 9.17) is 0 Å². The Balaban J connectivity index is 1.35. The SMILES string of the molecule is CN[C@@H](C)C(=O)N[C@H](C(=O)N1C[C@@H](NC(=O)c2cccc(C(=O)N[C@H]3C[C@@H](C(=O)N[C@H](C)C(C)C)N(C(=O)[C@@H](NC(=O)[C@H](C)NC)C(C)(C)C)C3)c2)C[C@H]1C(=O)N[C@@H]1CCCc2ccccc21)C(C)(C)C. The molecule has 18 nitrogen and oxygen atoms in total. The highest BCUT2D eigenvalue weighted by Gasteiger charge is 2.48. The topological polar surface area (TPSA) is 239 Å². The van der Waals surface area contributed by atoms with Gasteiger partial charge in [0.25, 0.3) is 11.8 Å². The molecule has 2 fully saturated rings. The summed E-state index contributed by atoms with van der Waals surface area (Å²) < 4.78 is 0. The summed E-state index contributed by atoms with van der Waals surface area (Å²) in [4.78, 5) is 115. The maximum atomic E-state index is 14.6. The van der Waals surface area contributed by atoms with Crippen LogP contribution in [0, 0.1) is 16.7 Å². The second kappa shape index (κ2) is 23.6. The molecule has 390 valence electrons. The molecule has 5 rings (SSSR count). The van der Waals surface area contributed by atoms with Crippen molar-refractivity contribution in [1.82, 2.24) is 52.3 Å². The molecule has 0 spiro atoms. The van der Waals surface area contributed by atoms with Crippen molar-refractivity contribution in [3.05, 3.63) is 70.8 Å². The summed E-state index contributed by atoms with van der Waals surface area (Å²) in [5.74, 6) is -3.31. The van der Waals surface area contributed by atoms with Gasteiger partial charge in [0, 0.05) is 42.3 Å². The fourth-order valence-electron chi connectivity index (χ4n) is 9.29.